The van der Waals surface area contributed by atoms with Crippen molar-refractivity contribution in [3.8, 4) is 5.88 Å². The molecule has 110 valence electrons. The molecule has 0 aliphatic heterocycles. The Bertz CT molecular complexity index is 625. The number of rotatable bonds is 5. The summed E-state index contributed by atoms with van der Waals surface area (Å²) in [7, 11) is 0. The summed E-state index contributed by atoms with van der Waals surface area (Å²) in [5, 5.41) is 3.37. The standard InChI is InChI=1S/C17H21N3O/c1-12(2)21-17-14(6-4-10-18-17)11-19-16-9-8-13-5-3-7-15(13)20-16/h4,6,8-10,12H,3,5,7,11H2,1-2H3,(H,19,20). The Balaban J connectivity index is 1.70. The lowest BCUT2D eigenvalue weighted by Gasteiger charge is -2.13. The number of aromatic nitrogens is 2. The molecule has 0 atom stereocenters. The summed E-state index contributed by atoms with van der Waals surface area (Å²) in [5.74, 6) is 1.62. The highest BCUT2D eigenvalue weighted by Crippen LogP contribution is 2.22. The molecule has 0 unspecified atom stereocenters. The van der Waals surface area contributed by atoms with E-state index in [0.29, 0.717) is 12.4 Å². The number of pyridine rings is 2. The lowest BCUT2D eigenvalue weighted by Crippen LogP contribution is -2.11. The van der Waals surface area contributed by atoms with Gasteiger partial charge in [-0.05, 0) is 50.8 Å². The molecule has 1 aliphatic rings. The van der Waals surface area contributed by atoms with Gasteiger partial charge in [-0.1, -0.05) is 12.1 Å². The molecule has 2 heterocycles. The van der Waals surface area contributed by atoms with Crippen molar-refractivity contribution in [3.05, 3.63) is 47.3 Å². The Labute approximate surface area is 125 Å². The number of anilines is 1. The highest BCUT2D eigenvalue weighted by Gasteiger charge is 2.13. The van der Waals surface area contributed by atoms with Gasteiger partial charge in [0.15, 0.2) is 0 Å². The second-order valence-corrected chi connectivity index (χ2v) is 5.64. The van der Waals surface area contributed by atoms with Crippen molar-refractivity contribution in [2.45, 2.75) is 45.8 Å². The van der Waals surface area contributed by atoms with Crippen LogP contribution in [0.1, 0.15) is 37.1 Å². The largest absolute Gasteiger partial charge is 0.475 e. The first kappa shape index (κ1) is 13.9. The first-order valence-electron chi connectivity index (χ1n) is 7.55. The molecule has 3 rings (SSSR count). The maximum atomic E-state index is 5.74. The summed E-state index contributed by atoms with van der Waals surface area (Å²) in [6, 6.07) is 8.21. The maximum Gasteiger partial charge on any atom is 0.218 e. The van der Waals surface area contributed by atoms with E-state index in [1.165, 1.54) is 17.7 Å². The molecule has 0 amide bonds. The van der Waals surface area contributed by atoms with Gasteiger partial charge in [0.05, 0.1) is 6.10 Å². The number of hydrogen-bond donors (Lipinski definition) is 1. The minimum absolute atomic E-state index is 0.122. The highest BCUT2D eigenvalue weighted by molar-refractivity contribution is 5.42. The molecule has 2 aromatic heterocycles. The number of nitrogens with zero attached hydrogens (tertiary/aromatic N) is 2. The molecule has 4 heteroatoms. The molecule has 2 aromatic rings. The topological polar surface area (TPSA) is 47.0 Å². The number of ether oxygens (including phenoxy) is 1. The quantitative estimate of drug-likeness (QED) is 0.914. The lowest BCUT2D eigenvalue weighted by molar-refractivity contribution is 0.230. The van der Waals surface area contributed by atoms with Crippen LogP contribution in [0, 0.1) is 0 Å². The van der Waals surface area contributed by atoms with Crippen molar-refractivity contribution in [2.75, 3.05) is 5.32 Å². The first-order chi connectivity index (χ1) is 10.2. The van der Waals surface area contributed by atoms with E-state index in [0.717, 1.165) is 24.2 Å². The van der Waals surface area contributed by atoms with Crippen molar-refractivity contribution >= 4 is 5.82 Å². The molecule has 0 radical (unpaired) electrons. The van der Waals surface area contributed by atoms with Crippen LogP contribution in [0.15, 0.2) is 30.5 Å². The molecule has 4 nitrogen and oxygen atoms in total. The van der Waals surface area contributed by atoms with E-state index in [9.17, 15) is 0 Å². The summed E-state index contributed by atoms with van der Waals surface area (Å²) < 4.78 is 5.74. The molecule has 0 bridgehead atoms. The summed E-state index contributed by atoms with van der Waals surface area (Å²) in [5.41, 5.74) is 3.68. The number of nitrogens with one attached hydrogen (secondary N) is 1. The van der Waals surface area contributed by atoms with Crippen LogP contribution in [0.5, 0.6) is 5.88 Å². The Morgan fingerprint density at radius 2 is 2.14 bits per heavy atom. The maximum absolute atomic E-state index is 5.74. The van der Waals surface area contributed by atoms with Crippen molar-refractivity contribution in [2.24, 2.45) is 0 Å². The predicted octanol–water partition coefficient (Wildman–Crippen LogP) is 3.36. The van der Waals surface area contributed by atoms with E-state index in [1.807, 2.05) is 26.0 Å². The molecule has 0 aromatic carbocycles. The zero-order valence-corrected chi connectivity index (χ0v) is 12.6. The molecule has 0 saturated carbocycles. The summed E-state index contributed by atoms with van der Waals surface area (Å²) in [6.07, 6.45) is 5.36. The van der Waals surface area contributed by atoms with Gasteiger partial charge in [0.25, 0.3) is 0 Å². The van der Waals surface area contributed by atoms with Crippen LogP contribution in [0.4, 0.5) is 5.82 Å². The third kappa shape index (κ3) is 3.32. The van der Waals surface area contributed by atoms with Crippen molar-refractivity contribution in [1.29, 1.82) is 0 Å². The summed E-state index contributed by atoms with van der Waals surface area (Å²) >= 11 is 0. The minimum atomic E-state index is 0.122. The number of aryl methyl sites for hydroxylation is 2. The fourth-order valence-corrected chi connectivity index (χ4v) is 2.59. The highest BCUT2D eigenvalue weighted by atomic mass is 16.5. The average Bonchev–Trinajstić information content (AvgIpc) is 2.93. The van der Waals surface area contributed by atoms with Gasteiger partial charge in [-0.3, -0.25) is 0 Å². The SMILES string of the molecule is CC(C)Oc1ncccc1CNc1ccc2c(n1)CCC2. The third-order valence-electron chi connectivity index (χ3n) is 3.59. The smallest absolute Gasteiger partial charge is 0.218 e. The summed E-state index contributed by atoms with van der Waals surface area (Å²) in [4.78, 5) is 8.99. The van der Waals surface area contributed by atoms with Gasteiger partial charge in [0.2, 0.25) is 5.88 Å². The van der Waals surface area contributed by atoms with Gasteiger partial charge in [0, 0.05) is 24.0 Å². The zero-order valence-electron chi connectivity index (χ0n) is 12.6. The first-order valence-corrected chi connectivity index (χ1v) is 7.55. The minimum Gasteiger partial charge on any atom is -0.475 e. The van der Waals surface area contributed by atoms with Gasteiger partial charge >= 0.3 is 0 Å². The van der Waals surface area contributed by atoms with Gasteiger partial charge in [-0.2, -0.15) is 0 Å². The second-order valence-electron chi connectivity index (χ2n) is 5.64. The van der Waals surface area contributed by atoms with E-state index in [1.54, 1.807) is 6.20 Å². The van der Waals surface area contributed by atoms with Crippen LogP contribution in [0.25, 0.3) is 0 Å². The van der Waals surface area contributed by atoms with Gasteiger partial charge in [-0.15, -0.1) is 0 Å². The molecule has 0 saturated heterocycles. The molecule has 0 spiro atoms. The Morgan fingerprint density at radius 3 is 3.00 bits per heavy atom. The van der Waals surface area contributed by atoms with Crippen molar-refractivity contribution < 1.29 is 4.74 Å². The molecule has 21 heavy (non-hydrogen) atoms. The Hall–Kier alpha value is -2.10. The van der Waals surface area contributed by atoms with Crippen LogP contribution < -0.4 is 10.1 Å². The van der Waals surface area contributed by atoms with E-state index >= 15 is 0 Å². The molecular formula is C17H21N3O. The van der Waals surface area contributed by atoms with E-state index < -0.39 is 0 Å². The third-order valence-corrected chi connectivity index (χ3v) is 3.59. The molecule has 1 N–H and O–H groups in total. The van der Waals surface area contributed by atoms with Gasteiger partial charge in [0.1, 0.15) is 5.82 Å². The Morgan fingerprint density at radius 1 is 1.24 bits per heavy atom. The predicted molar refractivity (Wildman–Crippen MR) is 83.6 cm³/mol. The van der Waals surface area contributed by atoms with Crippen molar-refractivity contribution in [1.82, 2.24) is 9.97 Å². The normalized spacial score (nSPS) is 13.3. The number of fused-ring (bicyclic) bond motifs is 1. The molecule has 1 aliphatic carbocycles. The van der Waals surface area contributed by atoms with Crippen LogP contribution in [0.2, 0.25) is 0 Å². The fraction of sp³-hybridized carbons (Fsp3) is 0.412. The van der Waals surface area contributed by atoms with Crippen LogP contribution in [0.3, 0.4) is 0 Å². The molecule has 0 fully saturated rings. The van der Waals surface area contributed by atoms with Crippen LogP contribution in [-0.2, 0) is 19.4 Å². The molecular weight excluding hydrogens is 262 g/mol. The Kier molecular flexibility index (Phi) is 4.04. The average molecular weight is 283 g/mol. The van der Waals surface area contributed by atoms with E-state index in [-0.39, 0.29) is 6.10 Å². The zero-order chi connectivity index (χ0) is 14.7. The van der Waals surface area contributed by atoms with Crippen LogP contribution in [-0.4, -0.2) is 16.1 Å². The summed E-state index contributed by atoms with van der Waals surface area (Å²) in [6.45, 7) is 4.68. The monoisotopic (exact) mass is 283 g/mol. The second kappa shape index (κ2) is 6.12. The number of hydrogen-bond acceptors (Lipinski definition) is 4. The van der Waals surface area contributed by atoms with E-state index in [2.05, 4.69) is 27.4 Å². The van der Waals surface area contributed by atoms with E-state index in [4.69, 9.17) is 4.74 Å². The van der Waals surface area contributed by atoms with Crippen molar-refractivity contribution in [3.63, 3.8) is 0 Å². The lowest BCUT2D eigenvalue weighted by atomic mass is 10.2. The van der Waals surface area contributed by atoms with Gasteiger partial charge < -0.3 is 10.1 Å². The van der Waals surface area contributed by atoms with Gasteiger partial charge in [-0.25, -0.2) is 9.97 Å². The fourth-order valence-electron chi connectivity index (χ4n) is 2.59. The van der Waals surface area contributed by atoms with Crippen LogP contribution >= 0.6 is 0 Å².